The Hall–Kier alpha value is -1.88. The number of rotatable bonds is 4. The number of ketones is 1. The summed E-state index contributed by atoms with van der Waals surface area (Å²) in [6, 6.07) is 6.98. The summed E-state index contributed by atoms with van der Waals surface area (Å²) >= 11 is 0. The highest BCUT2D eigenvalue weighted by molar-refractivity contribution is 5.94. The van der Waals surface area contributed by atoms with Crippen molar-refractivity contribution in [3.05, 3.63) is 29.8 Å². The van der Waals surface area contributed by atoms with E-state index in [0.29, 0.717) is 16.7 Å². The molecule has 1 N–H and O–H groups in total. The lowest BCUT2D eigenvalue weighted by Crippen LogP contribution is -2.45. The van der Waals surface area contributed by atoms with Crippen LogP contribution in [0, 0.1) is 5.41 Å². The van der Waals surface area contributed by atoms with Crippen LogP contribution in [0.2, 0.25) is 0 Å². The number of Topliss-reactive ketones (excluding diaryl/α,β-unsaturated/α-hetero) is 1. The van der Waals surface area contributed by atoms with Gasteiger partial charge in [0.15, 0.2) is 12.4 Å². The van der Waals surface area contributed by atoms with E-state index in [0.717, 1.165) is 39.0 Å². The summed E-state index contributed by atoms with van der Waals surface area (Å²) in [5.74, 6) is 0.590. The molecule has 0 bridgehead atoms. The maximum Gasteiger partial charge on any atom is 0.260 e. The number of ether oxygens (including phenoxy) is 1. The Morgan fingerprint density at radius 2 is 2.04 bits per heavy atom. The maximum absolute atomic E-state index is 12.3. The van der Waals surface area contributed by atoms with Crippen molar-refractivity contribution in [2.75, 3.05) is 32.8 Å². The van der Waals surface area contributed by atoms with E-state index < -0.39 is 0 Å². The van der Waals surface area contributed by atoms with Gasteiger partial charge in [0.05, 0.1) is 0 Å². The zero-order chi connectivity index (χ0) is 16.3. The van der Waals surface area contributed by atoms with Crippen molar-refractivity contribution < 1.29 is 14.3 Å². The van der Waals surface area contributed by atoms with E-state index in [1.807, 2.05) is 4.90 Å². The first-order valence-electron chi connectivity index (χ1n) is 8.30. The third-order valence-corrected chi connectivity index (χ3v) is 5.11. The Morgan fingerprint density at radius 3 is 2.70 bits per heavy atom. The molecule has 5 heteroatoms. The highest BCUT2D eigenvalue weighted by Crippen LogP contribution is 2.36. The molecule has 1 amide bonds. The molecule has 0 aliphatic carbocycles. The van der Waals surface area contributed by atoms with Crippen LogP contribution < -0.4 is 10.1 Å². The second-order valence-electron chi connectivity index (χ2n) is 6.68. The van der Waals surface area contributed by atoms with Crippen LogP contribution >= 0.6 is 0 Å². The molecule has 124 valence electrons. The molecule has 2 saturated heterocycles. The lowest BCUT2D eigenvalue weighted by Gasteiger charge is -2.38. The van der Waals surface area contributed by atoms with Gasteiger partial charge < -0.3 is 15.0 Å². The zero-order valence-electron chi connectivity index (χ0n) is 13.6. The predicted molar refractivity (Wildman–Crippen MR) is 87.7 cm³/mol. The highest BCUT2D eigenvalue weighted by Gasteiger charge is 2.37. The van der Waals surface area contributed by atoms with Gasteiger partial charge in [0.2, 0.25) is 0 Å². The second kappa shape index (κ2) is 6.71. The molecule has 5 nitrogen and oxygen atoms in total. The standard InChI is InChI=1S/C18H24N2O3/c1-14(21)15-3-2-4-16(11-15)23-12-17(22)20-9-6-18(7-10-20)5-8-19-13-18/h2-4,11,19H,5-10,12-13H2,1H3. The minimum absolute atomic E-state index is 0.00622. The number of piperidine rings is 1. The van der Waals surface area contributed by atoms with Crippen LogP contribution in [0.5, 0.6) is 5.75 Å². The lowest BCUT2D eigenvalue weighted by atomic mass is 9.78. The number of hydrogen-bond acceptors (Lipinski definition) is 4. The molecule has 1 aromatic rings. The van der Waals surface area contributed by atoms with Gasteiger partial charge in [0, 0.05) is 25.2 Å². The van der Waals surface area contributed by atoms with Crippen molar-refractivity contribution in [1.29, 1.82) is 0 Å². The Morgan fingerprint density at radius 1 is 1.26 bits per heavy atom. The van der Waals surface area contributed by atoms with Crippen LogP contribution in [0.3, 0.4) is 0 Å². The van der Waals surface area contributed by atoms with Crippen molar-refractivity contribution in [1.82, 2.24) is 10.2 Å². The number of carbonyl (C=O) groups excluding carboxylic acids is 2. The topological polar surface area (TPSA) is 58.6 Å². The molecular weight excluding hydrogens is 292 g/mol. The Bertz CT molecular complexity index is 584. The van der Waals surface area contributed by atoms with Crippen LogP contribution in [0.4, 0.5) is 0 Å². The molecule has 1 aromatic carbocycles. The highest BCUT2D eigenvalue weighted by atomic mass is 16.5. The average molecular weight is 316 g/mol. The van der Waals surface area contributed by atoms with E-state index in [4.69, 9.17) is 4.74 Å². The molecule has 2 aliphatic heterocycles. The molecule has 0 unspecified atom stereocenters. The maximum atomic E-state index is 12.3. The number of nitrogens with one attached hydrogen (secondary N) is 1. The summed E-state index contributed by atoms with van der Waals surface area (Å²) in [4.78, 5) is 25.6. The van der Waals surface area contributed by atoms with Gasteiger partial charge in [0.25, 0.3) is 5.91 Å². The van der Waals surface area contributed by atoms with Gasteiger partial charge in [-0.25, -0.2) is 0 Å². The van der Waals surface area contributed by atoms with Crippen LogP contribution in [-0.2, 0) is 4.79 Å². The van der Waals surface area contributed by atoms with Crippen LogP contribution in [0.15, 0.2) is 24.3 Å². The quantitative estimate of drug-likeness (QED) is 0.862. The third kappa shape index (κ3) is 3.72. The van der Waals surface area contributed by atoms with Gasteiger partial charge in [-0.1, -0.05) is 12.1 Å². The fourth-order valence-electron chi connectivity index (χ4n) is 3.49. The van der Waals surface area contributed by atoms with E-state index in [1.54, 1.807) is 24.3 Å². The number of nitrogens with zero attached hydrogens (tertiary/aromatic N) is 1. The summed E-state index contributed by atoms with van der Waals surface area (Å²) in [6.07, 6.45) is 3.38. The van der Waals surface area contributed by atoms with E-state index >= 15 is 0 Å². The first-order valence-corrected chi connectivity index (χ1v) is 8.30. The van der Waals surface area contributed by atoms with Gasteiger partial charge in [-0.05, 0) is 50.3 Å². The fourth-order valence-corrected chi connectivity index (χ4v) is 3.49. The number of hydrogen-bond donors (Lipinski definition) is 1. The van der Waals surface area contributed by atoms with Crippen LogP contribution in [0.1, 0.15) is 36.5 Å². The van der Waals surface area contributed by atoms with Gasteiger partial charge in [-0.3, -0.25) is 9.59 Å². The summed E-state index contributed by atoms with van der Waals surface area (Å²) in [5.41, 5.74) is 1.01. The molecule has 2 aliphatic rings. The van der Waals surface area contributed by atoms with E-state index in [1.165, 1.54) is 13.3 Å². The van der Waals surface area contributed by atoms with Crippen molar-refractivity contribution in [3.8, 4) is 5.75 Å². The normalized spacial score (nSPS) is 19.8. The third-order valence-electron chi connectivity index (χ3n) is 5.11. The van der Waals surface area contributed by atoms with E-state index in [2.05, 4.69) is 5.32 Å². The molecule has 1 spiro atoms. The molecule has 0 radical (unpaired) electrons. The molecule has 0 aromatic heterocycles. The lowest BCUT2D eigenvalue weighted by molar-refractivity contribution is -0.135. The predicted octanol–water partition coefficient (Wildman–Crippen LogP) is 1.87. The molecular formula is C18H24N2O3. The molecule has 2 heterocycles. The SMILES string of the molecule is CC(=O)c1cccc(OCC(=O)N2CCC3(CCNC3)CC2)c1. The van der Waals surface area contributed by atoms with Crippen molar-refractivity contribution in [2.45, 2.75) is 26.2 Å². The number of amides is 1. The van der Waals surface area contributed by atoms with Crippen LogP contribution in [-0.4, -0.2) is 49.4 Å². The van der Waals surface area contributed by atoms with E-state index in [-0.39, 0.29) is 18.3 Å². The Balaban J connectivity index is 1.50. The number of likely N-dealkylation sites (tertiary alicyclic amines) is 1. The number of carbonyl (C=O) groups is 2. The summed E-state index contributed by atoms with van der Waals surface area (Å²) in [5, 5.41) is 3.43. The largest absolute Gasteiger partial charge is 0.484 e. The zero-order valence-corrected chi connectivity index (χ0v) is 13.6. The molecule has 3 rings (SSSR count). The van der Waals surface area contributed by atoms with Crippen molar-refractivity contribution in [3.63, 3.8) is 0 Å². The Kier molecular flexibility index (Phi) is 4.66. The number of benzene rings is 1. The van der Waals surface area contributed by atoms with Gasteiger partial charge in [-0.15, -0.1) is 0 Å². The average Bonchev–Trinajstić information content (AvgIpc) is 3.01. The monoisotopic (exact) mass is 316 g/mol. The molecule has 23 heavy (non-hydrogen) atoms. The van der Waals surface area contributed by atoms with Crippen LogP contribution in [0.25, 0.3) is 0 Å². The molecule has 2 fully saturated rings. The summed E-state index contributed by atoms with van der Waals surface area (Å²) in [7, 11) is 0. The first kappa shape index (κ1) is 16.0. The summed E-state index contributed by atoms with van der Waals surface area (Å²) < 4.78 is 5.57. The van der Waals surface area contributed by atoms with Gasteiger partial charge in [0.1, 0.15) is 5.75 Å². The molecule has 0 saturated carbocycles. The van der Waals surface area contributed by atoms with Gasteiger partial charge >= 0.3 is 0 Å². The molecule has 0 atom stereocenters. The Labute approximate surface area is 137 Å². The minimum Gasteiger partial charge on any atom is -0.484 e. The van der Waals surface area contributed by atoms with Gasteiger partial charge in [-0.2, -0.15) is 0 Å². The summed E-state index contributed by atoms with van der Waals surface area (Å²) in [6.45, 7) is 5.37. The van der Waals surface area contributed by atoms with Crippen molar-refractivity contribution in [2.24, 2.45) is 5.41 Å². The minimum atomic E-state index is -0.00622. The first-order chi connectivity index (χ1) is 11.1. The van der Waals surface area contributed by atoms with E-state index in [9.17, 15) is 9.59 Å². The smallest absolute Gasteiger partial charge is 0.260 e. The second-order valence-corrected chi connectivity index (χ2v) is 6.68. The fraction of sp³-hybridized carbons (Fsp3) is 0.556. The van der Waals surface area contributed by atoms with Crippen molar-refractivity contribution >= 4 is 11.7 Å².